The van der Waals surface area contributed by atoms with Crippen LogP contribution in [-0.4, -0.2) is 183 Å². The highest BCUT2D eigenvalue weighted by Crippen LogP contribution is 2.25. The number of methoxy groups -OCH3 is 2. The Labute approximate surface area is 723 Å². The van der Waals surface area contributed by atoms with Gasteiger partial charge in [0.05, 0.1) is 75.3 Å². The van der Waals surface area contributed by atoms with Gasteiger partial charge in [0.15, 0.2) is 23.1 Å². The van der Waals surface area contributed by atoms with Gasteiger partial charge in [0.2, 0.25) is 23.6 Å². The van der Waals surface area contributed by atoms with Gasteiger partial charge in [-0.25, -0.2) is 0 Å². The number of esters is 5. The van der Waals surface area contributed by atoms with E-state index in [4.69, 9.17) is 42.6 Å². The Morgan fingerprint density at radius 2 is 0.634 bits per heavy atom. The molecule has 680 valence electrons. The minimum atomic E-state index is -1.29. The molecular formula is C93H132N4O26. The molecule has 123 heavy (non-hydrogen) atoms. The number of aliphatic carboxylic acids is 1. The van der Waals surface area contributed by atoms with E-state index >= 15 is 0 Å². The lowest BCUT2D eigenvalue weighted by Gasteiger charge is -2.26. The zero-order valence-corrected chi connectivity index (χ0v) is 72.7. The van der Waals surface area contributed by atoms with E-state index in [2.05, 4.69) is 21.3 Å². The summed E-state index contributed by atoms with van der Waals surface area (Å²) in [5, 5.41) is 20.2. The average molecular weight is 1720 g/mol. The Hall–Kier alpha value is -10.6. The van der Waals surface area contributed by atoms with Crippen molar-refractivity contribution >= 4 is 94.1 Å². The minimum absolute atomic E-state index is 0. The third-order valence-electron chi connectivity index (χ3n) is 18.9. The molecule has 5 N–H and O–H groups in total. The predicted octanol–water partition coefficient (Wildman–Crippen LogP) is 11.3. The number of nitrogens with one attached hydrogen (secondary N) is 4. The predicted molar refractivity (Wildman–Crippen MR) is 456 cm³/mol. The normalized spacial score (nSPS) is 13.0. The van der Waals surface area contributed by atoms with Gasteiger partial charge in [-0.3, -0.25) is 67.1 Å². The van der Waals surface area contributed by atoms with Crippen molar-refractivity contribution in [2.75, 3.05) is 53.9 Å². The van der Waals surface area contributed by atoms with Crippen molar-refractivity contribution in [1.29, 1.82) is 0 Å². The van der Waals surface area contributed by atoms with Crippen LogP contribution in [0.25, 0.3) is 0 Å². The molecule has 0 spiro atoms. The molecule has 0 aliphatic heterocycles. The first-order valence-corrected chi connectivity index (χ1v) is 41.7. The molecule has 0 aliphatic carbocycles. The van der Waals surface area contributed by atoms with Crippen molar-refractivity contribution in [3.63, 3.8) is 0 Å². The first kappa shape index (κ1) is 109. The summed E-state index contributed by atoms with van der Waals surface area (Å²) in [6.07, 6.45) is -2.97. The molecule has 4 amide bonds. The van der Waals surface area contributed by atoms with Crippen molar-refractivity contribution in [2.24, 2.45) is 35.5 Å². The molecule has 0 aromatic heterocycles. The summed E-state index contributed by atoms with van der Waals surface area (Å²) < 4.78 is 48.0. The number of hydrogen-bond acceptors (Lipinski definition) is 25. The van der Waals surface area contributed by atoms with Gasteiger partial charge in [0.25, 0.3) is 0 Å². The van der Waals surface area contributed by atoms with Crippen LogP contribution in [-0.2, 0) is 146 Å². The molecular weight excluding hydrogens is 1590 g/mol. The van der Waals surface area contributed by atoms with E-state index in [-0.39, 0.29) is 166 Å². The Morgan fingerprint density at radius 3 is 0.919 bits per heavy atom. The highest BCUT2D eigenvalue weighted by molar-refractivity contribution is 5.98. The van der Waals surface area contributed by atoms with E-state index in [1.54, 1.807) is 113 Å². The lowest BCUT2D eigenvalue weighted by Crippen LogP contribution is -2.48. The molecule has 0 saturated carbocycles. The SMILES string of the molecule is C.COCCOCCCC(=O)[C@@H](CCC(=O)OCc1ccccc1)NC(=O)[C@H](CCC(=O)OCc1ccccc1)CC(=O)[C@@H](CC(C)C)NC(=O)[C@@H](CC(C)=O)CC(=O)O.COCCOCCCC(=O)[C@@H](CCC(=O)OCc1ccccc1)NC(=O)[C@H](CCC(=O)OCc1ccccc1)CC(=O)[C@@H](CC(C)C)NC(=O)[C@@H](CC(C)=O)CC(=O)OC(C)(C)C. The largest absolute Gasteiger partial charge is 0.481 e. The highest BCUT2D eigenvalue weighted by atomic mass is 16.6. The first-order chi connectivity index (χ1) is 58.0. The molecule has 0 unspecified atom stereocenters. The zero-order chi connectivity index (χ0) is 90.4. The number of carbonyl (C=O) groups excluding carboxylic acids is 15. The monoisotopic (exact) mass is 1720 g/mol. The molecule has 8 atom stereocenters. The second kappa shape index (κ2) is 61.7. The lowest BCUT2D eigenvalue weighted by molar-refractivity contribution is -0.157. The molecule has 4 rings (SSSR count). The fourth-order valence-corrected chi connectivity index (χ4v) is 12.6. The summed E-state index contributed by atoms with van der Waals surface area (Å²) >= 11 is 0. The van der Waals surface area contributed by atoms with Crippen molar-refractivity contribution in [1.82, 2.24) is 21.3 Å². The van der Waals surface area contributed by atoms with Crippen LogP contribution < -0.4 is 21.3 Å². The number of carboxylic acid groups (broad SMARTS) is 1. The molecule has 4 aromatic rings. The zero-order valence-electron chi connectivity index (χ0n) is 72.7. The van der Waals surface area contributed by atoms with E-state index in [9.17, 15) is 81.8 Å². The maximum Gasteiger partial charge on any atom is 0.307 e. The van der Waals surface area contributed by atoms with Gasteiger partial charge < -0.3 is 78.6 Å². The lowest BCUT2D eigenvalue weighted by atomic mass is 9.89. The molecule has 30 heteroatoms. The fraction of sp³-hybridized carbons (Fsp3) is 0.570. The highest BCUT2D eigenvalue weighted by Gasteiger charge is 2.37. The summed E-state index contributed by atoms with van der Waals surface area (Å²) in [6, 6.07) is 31.5. The van der Waals surface area contributed by atoms with Crippen LogP contribution in [0.4, 0.5) is 0 Å². The quantitative estimate of drug-likeness (QED) is 0.0156. The van der Waals surface area contributed by atoms with Gasteiger partial charge in [0.1, 0.15) is 43.6 Å². The van der Waals surface area contributed by atoms with E-state index < -0.39 is 156 Å². The van der Waals surface area contributed by atoms with Crippen LogP contribution >= 0.6 is 0 Å². The smallest absolute Gasteiger partial charge is 0.307 e. The molecule has 0 bridgehead atoms. The van der Waals surface area contributed by atoms with Gasteiger partial charge in [-0.05, 0) is 120 Å². The van der Waals surface area contributed by atoms with Crippen LogP contribution in [0, 0.1) is 35.5 Å². The molecule has 0 radical (unpaired) electrons. The number of rotatable bonds is 62. The number of ether oxygens (including phenoxy) is 9. The van der Waals surface area contributed by atoms with Crippen molar-refractivity contribution < 1.29 is 124 Å². The Morgan fingerprint density at radius 1 is 0.341 bits per heavy atom. The van der Waals surface area contributed by atoms with Gasteiger partial charge in [0, 0.05) is 103 Å². The number of hydrogen-bond donors (Lipinski definition) is 5. The fourth-order valence-electron chi connectivity index (χ4n) is 12.6. The Kier molecular flexibility index (Phi) is 54.4. The van der Waals surface area contributed by atoms with Crippen molar-refractivity contribution in [3.8, 4) is 0 Å². The van der Waals surface area contributed by atoms with Crippen LogP contribution in [0.1, 0.15) is 220 Å². The summed E-state index contributed by atoms with van der Waals surface area (Å²) in [6.45, 7) is 16.8. The molecule has 0 heterocycles. The van der Waals surface area contributed by atoms with E-state index in [0.29, 0.717) is 39.3 Å². The third-order valence-corrected chi connectivity index (χ3v) is 18.9. The number of carboxylic acids is 1. The molecule has 30 nitrogen and oxygen atoms in total. The van der Waals surface area contributed by atoms with Crippen molar-refractivity contribution in [3.05, 3.63) is 144 Å². The second-order valence-electron chi connectivity index (χ2n) is 31.9. The average Bonchev–Trinajstić information content (AvgIpc) is 0.859. The maximum absolute atomic E-state index is 14.2. The second-order valence-corrected chi connectivity index (χ2v) is 31.9. The number of Topliss-reactive ketones (excluding diaryl/α,β-unsaturated/α-hetero) is 6. The van der Waals surface area contributed by atoms with Gasteiger partial charge in [-0.2, -0.15) is 0 Å². The van der Waals surface area contributed by atoms with Crippen LogP contribution in [0.15, 0.2) is 121 Å². The number of amides is 4. The van der Waals surface area contributed by atoms with Crippen LogP contribution in [0.2, 0.25) is 0 Å². The van der Waals surface area contributed by atoms with E-state index in [1.165, 1.54) is 21.0 Å². The number of carbonyl (C=O) groups is 16. The van der Waals surface area contributed by atoms with E-state index in [1.807, 2.05) is 64.1 Å². The standard InChI is InChI=1S/C48H68N2O13.C44H60N2O13.CH4/c1-33(2)27-40(50-47(58)38(28-34(3)51)30-45(56)63-48(4,5)6)42(53)29-37(20-22-43(54)61-31-35-15-10-8-11-16-35)46(57)49-39(41(52)19-14-24-60-26-25-59-7)21-23-44(55)62-32-36-17-12-9-13-18-36;1-30(2)24-37(46-44(55)35(25-31(3)47)27-40(50)51)39(49)26-34(17-19-41(52)58-28-32-12-7-5-8-13-32)43(54)45-36(38(48)16-11-21-57-23-22-56-4)18-20-42(53)59-29-33-14-9-6-10-15-33;/h8-13,15-18,33,37-40H,14,19-32H2,1-7H3,(H,49,57)(H,50,58);5-10,12-15,30,34-37H,11,16-29H2,1-4H3,(H,45,54)(H,46,55)(H,50,51);1H4/t37-,38+,39-,40-;34-,35+,36-,37-;/m11./s1. The molecule has 0 saturated heterocycles. The third kappa shape index (κ3) is 50.6. The summed E-state index contributed by atoms with van der Waals surface area (Å²) in [7, 11) is 3.08. The minimum Gasteiger partial charge on any atom is -0.481 e. The summed E-state index contributed by atoms with van der Waals surface area (Å²) in [5.41, 5.74) is 2.22. The van der Waals surface area contributed by atoms with E-state index in [0.717, 1.165) is 22.3 Å². The molecule has 0 fully saturated rings. The molecule has 4 aromatic carbocycles. The molecule has 0 aliphatic rings. The summed E-state index contributed by atoms with van der Waals surface area (Å²) in [5.74, 6) is -14.8. The summed E-state index contributed by atoms with van der Waals surface area (Å²) in [4.78, 5) is 210. The maximum atomic E-state index is 14.2. The Balaban J connectivity index is 0.000000828. The van der Waals surface area contributed by atoms with Gasteiger partial charge in [-0.15, -0.1) is 0 Å². The van der Waals surface area contributed by atoms with Crippen molar-refractivity contribution in [2.45, 2.75) is 254 Å². The number of ketones is 6. The van der Waals surface area contributed by atoms with Gasteiger partial charge >= 0.3 is 35.8 Å². The topological polar surface area (TPSA) is 425 Å². The Bertz CT molecular complexity index is 3890. The number of benzene rings is 4. The van der Waals surface area contributed by atoms with Crippen LogP contribution in [0.3, 0.4) is 0 Å². The van der Waals surface area contributed by atoms with Gasteiger partial charge in [-0.1, -0.05) is 156 Å². The van der Waals surface area contributed by atoms with Crippen LogP contribution in [0.5, 0.6) is 0 Å². The first-order valence-electron chi connectivity index (χ1n) is 41.7.